The van der Waals surface area contributed by atoms with Gasteiger partial charge in [0.15, 0.2) is 5.96 Å². The normalized spacial score (nSPS) is 13.3. The van der Waals surface area contributed by atoms with Crippen molar-refractivity contribution in [3.8, 4) is 5.75 Å². The Hall–Kier alpha value is -6.07. The maximum absolute atomic E-state index is 14.4. The molecule has 61 heavy (non-hydrogen) atoms. The molecule has 0 heterocycles. The van der Waals surface area contributed by atoms with Crippen LogP contribution in [0.5, 0.6) is 5.75 Å². The number of amides is 6. The highest BCUT2D eigenvalue weighted by atomic mass is 16.6. The molecule has 18 heteroatoms. The molecule has 0 fully saturated rings. The second kappa shape index (κ2) is 24.3. The number of unbranched alkanes of at least 4 members (excludes halogenated alkanes) is 2. The van der Waals surface area contributed by atoms with E-state index in [0.717, 1.165) is 5.56 Å². The summed E-state index contributed by atoms with van der Waals surface area (Å²) in [6, 6.07) is 7.22. The fourth-order valence-corrected chi connectivity index (χ4v) is 6.27. The molecule has 0 bridgehead atoms. The molecule has 0 aliphatic carbocycles. The predicted molar refractivity (Wildman–Crippen MR) is 231 cm³/mol. The SMILES string of the molecule is Cc1cc(O)cc(C)c1C[C@H](NC(=O)[C@@H](CCCNC(=N)N)NC(=O)OC(C)(C)C)C(=O)N[C@@H](CCCCCNC(=O)OC(C)(C)C)C(=O)N[C@@H](Cc1ccccc1)C(N)=O. The second-order valence-electron chi connectivity index (χ2n) is 17.0. The van der Waals surface area contributed by atoms with Crippen molar-refractivity contribution in [3.05, 3.63) is 64.7 Å². The standard InChI is InChI=1S/C43H67N9O9/c1-26-22-29(53)23-27(2)30(26)25-34(51-37(56)32(19-15-21-47-39(45)46)52-41(59)61-43(6,7)8)38(57)49-31(18-13-10-14-20-48-40(58)60-42(3,4)5)36(55)50-33(35(44)54)24-28-16-11-9-12-17-28/h9,11-12,16-17,22-23,31-34,53H,10,13-15,18-21,24-25H2,1-8H3,(H2,44,54)(H,48,58)(H,49,57)(H,50,55)(H,51,56)(H,52,59)(H4,45,46,47)/t31-,32+,33-,34-/m0/s1. The molecule has 0 radical (unpaired) electrons. The summed E-state index contributed by atoms with van der Waals surface area (Å²) < 4.78 is 10.7. The number of hydrogen-bond donors (Lipinski definition) is 10. The summed E-state index contributed by atoms with van der Waals surface area (Å²) in [7, 11) is 0. The minimum absolute atomic E-state index is 0.0159. The van der Waals surface area contributed by atoms with Gasteiger partial charge < -0.3 is 57.9 Å². The maximum atomic E-state index is 14.4. The number of phenols is 1. The maximum Gasteiger partial charge on any atom is 0.408 e. The summed E-state index contributed by atoms with van der Waals surface area (Å²) in [5.41, 5.74) is 12.3. The van der Waals surface area contributed by atoms with Gasteiger partial charge in [0.2, 0.25) is 23.6 Å². The molecule has 0 unspecified atom stereocenters. The molecular formula is C43H67N9O9. The molecule has 6 amide bonds. The summed E-state index contributed by atoms with van der Waals surface area (Å²) in [5, 5.41) is 33.9. The Labute approximate surface area is 358 Å². The van der Waals surface area contributed by atoms with Crippen molar-refractivity contribution in [2.24, 2.45) is 11.5 Å². The summed E-state index contributed by atoms with van der Waals surface area (Å²) in [6.45, 7) is 14.3. The van der Waals surface area contributed by atoms with Crippen LogP contribution in [0.3, 0.4) is 0 Å². The van der Waals surface area contributed by atoms with Gasteiger partial charge in [-0.3, -0.25) is 24.6 Å². The van der Waals surface area contributed by atoms with Gasteiger partial charge in [-0.2, -0.15) is 0 Å². The number of guanidine groups is 1. The number of nitrogens with one attached hydrogen (secondary N) is 7. The van der Waals surface area contributed by atoms with Crippen molar-refractivity contribution in [3.63, 3.8) is 0 Å². The van der Waals surface area contributed by atoms with Crippen molar-refractivity contribution in [2.75, 3.05) is 13.1 Å². The highest BCUT2D eigenvalue weighted by molar-refractivity contribution is 5.95. The minimum Gasteiger partial charge on any atom is -0.508 e. The Kier molecular flexibility index (Phi) is 20.3. The van der Waals surface area contributed by atoms with E-state index in [1.54, 1.807) is 79.7 Å². The number of aromatic hydroxyl groups is 1. The van der Waals surface area contributed by atoms with E-state index in [0.29, 0.717) is 48.9 Å². The highest BCUT2D eigenvalue weighted by Crippen LogP contribution is 2.23. The number of alkyl carbamates (subject to hydrolysis) is 2. The number of benzene rings is 2. The molecule has 2 aromatic rings. The third-order valence-corrected chi connectivity index (χ3v) is 9.13. The summed E-state index contributed by atoms with van der Waals surface area (Å²) >= 11 is 0. The molecule has 0 aromatic heterocycles. The van der Waals surface area contributed by atoms with E-state index in [1.165, 1.54) is 12.1 Å². The molecule has 0 aliphatic heterocycles. The van der Waals surface area contributed by atoms with E-state index in [2.05, 4.69) is 31.9 Å². The van der Waals surface area contributed by atoms with E-state index in [9.17, 15) is 33.9 Å². The van der Waals surface area contributed by atoms with E-state index in [1.807, 2.05) is 6.07 Å². The van der Waals surface area contributed by atoms with Gasteiger partial charge in [0, 0.05) is 25.9 Å². The number of carbonyl (C=O) groups excluding carboxylic acids is 6. The van der Waals surface area contributed by atoms with Crippen LogP contribution in [0.15, 0.2) is 42.5 Å². The largest absolute Gasteiger partial charge is 0.508 e. The van der Waals surface area contributed by atoms with Crippen molar-refractivity contribution in [1.82, 2.24) is 31.9 Å². The number of nitrogens with two attached hydrogens (primary N) is 2. The van der Waals surface area contributed by atoms with Crippen LogP contribution in [0.4, 0.5) is 9.59 Å². The molecule has 18 nitrogen and oxygen atoms in total. The average molecular weight is 854 g/mol. The van der Waals surface area contributed by atoms with Crippen LogP contribution in [-0.2, 0) is 41.5 Å². The number of hydrogen-bond acceptors (Lipinski definition) is 10. The molecule has 338 valence electrons. The van der Waals surface area contributed by atoms with E-state index in [-0.39, 0.29) is 43.9 Å². The molecule has 4 atom stereocenters. The Bertz CT molecular complexity index is 1790. The van der Waals surface area contributed by atoms with E-state index < -0.39 is 71.2 Å². The first-order valence-electron chi connectivity index (χ1n) is 20.5. The zero-order valence-corrected chi connectivity index (χ0v) is 36.8. The fraction of sp³-hybridized carbons (Fsp3) is 0.558. The number of rotatable bonds is 22. The number of carbonyl (C=O) groups is 6. The first-order chi connectivity index (χ1) is 28.4. The smallest absolute Gasteiger partial charge is 0.408 e. The lowest BCUT2D eigenvalue weighted by molar-refractivity contribution is -0.133. The lowest BCUT2D eigenvalue weighted by Gasteiger charge is -2.28. The molecule has 0 saturated carbocycles. The van der Waals surface area contributed by atoms with Crippen molar-refractivity contribution < 1.29 is 43.3 Å². The highest BCUT2D eigenvalue weighted by Gasteiger charge is 2.32. The first kappa shape index (κ1) is 51.1. The molecule has 0 spiro atoms. The van der Waals surface area contributed by atoms with Gasteiger partial charge in [0.1, 0.15) is 41.1 Å². The van der Waals surface area contributed by atoms with Gasteiger partial charge >= 0.3 is 12.2 Å². The fourth-order valence-electron chi connectivity index (χ4n) is 6.27. The lowest BCUT2D eigenvalue weighted by atomic mass is 9.95. The Balaban J connectivity index is 2.44. The Morgan fingerprint density at radius 3 is 1.69 bits per heavy atom. The number of phenolic OH excluding ortho intramolecular Hbond substituents is 1. The topological polar surface area (TPSA) is 289 Å². The second-order valence-corrected chi connectivity index (χ2v) is 17.0. The molecule has 0 aliphatic rings. The molecule has 0 saturated heterocycles. The average Bonchev–Trinajstić information content (AvgIpc) is 3.12. The number of primary amides is 1. The molecule has 2 rings (SSSR count). The number of ether oxygens (including phenoxy) is 2. The zero-order valence-electron chi connectivity index (χ0n) is 36.8. The zero-order chi connectivity index (χ0) is 45.9. The summed E-state index contributed by atoms with van der Waals surface area (Å²) in [4.78, 5) is 80.0. The van der Waals surface area contributed by atoms with Gasteiger partial charge in [-0.25, -0.2) is 9.59 Å². The minimum atomic E-state index is -1.31. The van der Waals surface area contributed by atoms with Crippen LogP contribution >= 0.6 is 0 Å². The van der Waals surface area contributed by atoms with Crippen LogP contribution in [0.2, 0.25) is 0 Å². The van der Waals surface area contributed by atoms with E-state index >= 15 is 0 Å². The van der Waals surface area contributed by atoms with Crippen LogP contribution in [0.25, 0.3) is 0 Å². The molecule has 12 N–H and O–H groups in total. The van der Waals surface area contributed by atoms with Crippen molar-refractivity contribution in [1.29, 1.82) is 5.41 Å². The molecule has 2 aromatic carbocycles. The van der Waals surface area contributed by atoms with E-state index in [4.69, 9.17) is 26.4 Å². The summed E-state index contributed by atoms with van der Waals surface area (Å²) in [6.07, 6.45) is 0.580. The van der Waals surface area contributed by atoms with Gasteiger partial charge in [0.25, 0.3) is 0 Å². The van der Waals surface area contributed by atoms with Crippen LogP contribution in [0.1, 0.15) is 102 Å². The lowest BCUT2D eigenvalue weighted by Crippen LogP contribution is -2.59. The van der Waals surface area contributed by atoms with Crippen molar-refractivity contribution in [2.45, 2.75) is 142 Å². The van der Waals surface area contributed by atoms with Crippen LogP contribution in [0, 0.1) is 19.3 Å². The third kappa shape index (κ3) is 20.6. The molecular weight excluding hydrogens is 787 g/mol. The number of aryl methyl sites for hydroxylation is 2. The Morgan fingerprint density at radius 2 is 1.13 bits per heavy atom. The van der Waals surface area contributed by atoms with Crippen LogP contribution < -0.4 is 43.4 Å². The Morgan fingerprint density at radius 1 is 0.639 bits per heavy atom. The first-order valence-corrected chi connectivity index (χ1v) is 20.5. The van der Waals surface area contributed by atoms with Crippen LogP contribution in [-0.4, -0.2) is 95.3 Å². The quantitative estimate of drug-likeness (QED) is 0.0467. The van der Waals surface area contributed by atoms with Gasteiger partial charge in [-0.15, -0.1) is 0 Å². The van der Waals surface area contributed by atoms with Crippen molar-refractivity contribution >= 4 is 41.8 Å². The predicted octanol–water partition coefficient (Wildman–Crippen LogP) is 2.98. The third-order valence-electron chi connectivity index (χ3n) is 9.13. The van der Waals surface area contributed by atoms with Gasteiger partial charge in [-0.1, -0.05) is 43.2 Å². The monoisotopic (exact) mass is 854 g/mol. The summed E-state index contributed by atoms with van der Waals surface area (Å²) in [5.74, 6) is -3.17. The van der Waals surface area contributed by atoms with Gasteiger partial charge in [0.05, 0.1) is 0 Å². The van der Waals surface area contributed by atoms with Gasteiger partial charge in [-0.05, 0) is 115 Å².